The number of carbonyl (C=O) groups excluding carboxylic acids is 1. The zero-order valence-electron chi connectivity index (χ0n) is 16.0. The van der Waals surface area contributed by atoms with Crippen molar-refractivity contribution in [3.8, 4) is 17.5 Å². The molecule has 1 aliphatic rings. The minimum Gasteiger partial charge on any atom is -0.391 e. The number of carbonyl (C=O) groups is 1. The highest BCUT2D eigenvalue weighted by Crippen LogP contribution is 2.33. The molecule has 0 radical (unpaired) electrons. The van der Waals surface area contributed by atoms with Crippen LogP contribution in [0.1, 0.15) is 28.7 Å². The molecule has 1 aromatic heterocycles. The van der Waals surface area contributed by atoms with Gasteiger partial charge >= 0.3 is 0 Å². The van der Waals surface area contributed by atoms with Crippen molar-refractivity contribution in [3.63, 3.8) is 0 Å². The summed E-state index contributed by atoms with van der Waals surface area (Å²) in [6.45, 7) is 3.35. The third-order valence-corrected chi connectivity index (χ3v) is 4.71. The Kier molecular flexibility index (Phi) is 5.24. The summed E-state index contributed by atoms with van der Waals surface area (Å²) >= 11 is 0. The van der Waals surface area contributed by atoms with Crippen molar-refractivity contribution in [2.24, 2.45) is 0 Å². The Labute approximate surface area is 166 Å². The van der Waals surface area contributed by atoms with Crippen molar-refractivity contribution in [1.82, 2.24) is 14.9 Å². The molecule has 2 N–H and O–H groups in total. The van der Waals surface area contributed by atoms with Crippen LogP contribution in [0, 0.1) is 29.5 Å². The molecule has 29 heavy (non-hydrogen) atoms. The van der Waals surface area contributed by atoms with E-state index in [-0.39, 0.29) is 34.1 Å². The number of benzene rings is 1. The monoisotopic (exact) mass is 393 g/mol. The number of nitrogens with zero attached hydrogens (tertiary/aromatic N) is 3. The molecular formula is C21H17F2N5O. The first-order valence-corrected chi connectivity index (χ1v) is 8.64. The van der Waals surface area contributed by atoms with E-state index in [0.29, 0.717) is 23.3 Å². The molecule has 0 amide bonds. The molecule has 0 bridgehead atoms. The van der Waals surface area contributed by atoms with Gasteiger partial charge in [0.25, 0.3) is 0 Å². The third kappa shape index (κ3) is 3.38. The van der Waals surface area contributed by atoms with E-state index in [1.807, 2.05) is 0 Å². The molecular weight excluding hydrogens is 376 g/mol. The Morgan fingerprint density at radius 2 is 2.07 bits per heavy atom. The summed E-state index contributed by atoms with van der Waals surface area (Å²) in [7, 11) is 1.69. The van der Waals surface area contributed by atoms with Crippen molar-refractivity contribution >= 4 is 17.7 Å². The van der Waals surface area contributed by atoms with Gasteiger partial charge in [-0.15, -0.1) is 0 Å². The average Bonchev–Trinajstić information content (AvgIpc) is 3.03. The van der Waals surface area contributed by atoms with Crippen molar-refractivity contribution in [3.05, 3.63) is 70.2 Å². The van der Waals surface area contributed by atoms with Gasteiger partial charge in [-0.2, -0.15) is 5.26 Å². The number of nitrogens with one attached hydrogen (secondary N) is 2. The molecule has 0 saturated heterocycles. The lowest BCUT2D eigenvalue weighted by molar-refractivity contribution is 0.111. The maximum atomic E-state index is 14.9. The normalized spacial score (nSPS) is 15.4. The van der Waals surface area contributed by atoms with Gasteiger partial charge in [0.15, 0.2) is 6.29 Å². The Balaban J connectivity index is 2.30. The highest BCUT2D eigenvalue weighted by Gasteiger charge is 2.25. The summed E-state index contributed by atoms with van der Waals surface area (Å²) in [6.07, 6.45) is 3.10. The number of allylic oxidation sites excluding steroid dienone is 6. The minimum absolute atomic E-state index is 0.00236. The van der Waals surface area contributed by atoms with Gasteiger partial charge in [0.1, 0.15) is 29.2 Å². The standard InChI is InChI=1S/C21H17F2N5O/c1-11(26-3)15-7-20(17(23)8-18(15)25)28-12(2)19(10-29)27-21(28)13-4-5-14(9-24)16(22)6-13/h4-8,10,25-26H,1-3H3/b15-11-,25-18?. The van der Waals surface area contributed by atoms with Gasteiger partial charge in [-0.1, -0.05) is 0 Å². The van der Waals surface area contributed by atoms with Crippen LogP contribution < -0.4 is 5.32 Å². The van der Waals surface area contributed by atoms with Crippen LogP contribution >= 0.6 is 0 Å². The van der Waals surface area contributed by atoms with Crippen molar-refractivity contribution < 1.29 is 13.6 Å². The molecule has 3 rings (SSSR count). The van der Waals surface area contributed by atoms with Gasteiger partial charge in [-0.25, -0.2) is 13.8 Å². The molecule has 0 spiro atoms. The van der Waals surface area contributed by atoms with Crippen LogP contribution in [-0.2, 0) is 0 Å². The maximum Gasteiger partial charge on any atom is 0.170 e. The number of aldehydes is 1. The second-order valence-electron chi connectivity index (χ2n) is 6.39. The van der Waals surface area contributed by atoms with Gasteiger partial charge in [0, 0.05) is 30.0 Å². The second-order valence-corrected chi connectivity index (χ2v) is 6.39. The fraction of sp³-hybridized carbons (Fsp3) is 0.143. The number of aromatic nitrogens is 2. The average molecular weight is 393 g/mol. The lowest BCUT2D eigenvalue weighted by atomic mass is 10.0. The van der Waals surface area contributed by atoms with E-state index in [9.17, 15) is 13.6 Å². The van der Waals surface area contributed by atoms with E-state index in [4.69, 9.17) is 10.7 Å². The van der Waals surface area contributed by atoms with Crippen LogP contribution in [0.4, 0.5) is 8.78 Å². The molecule has 0 saturated carbocycles. The molecule has 2 aromatic rings. The Morgan fingerprint density at radius 3 is 2.66 bits per heavy atom. The van der Waals surface area contributed by atoms with Crippen LogP contribution in [0.25, 0.3) is 17.1 Å². The first kappa shape index (κ1) is 19.9. The number of hydrogen-bond donors (Lipinski definition) is 2. The van der Waals surface area contributed by atoms with Crippen molar-refractivity contribution in [1.29, 1.82) is 10.7 Å². The molecule has 1 aromatic carbocycles. The van der Waals surface area contributed by atoms with Crippen LogP contribution in [0.2, 0.25) is 0 Å². The Bertz CT molecular complexity index is 1180. The summed E-state index contributed by atoms with van der Waals surface area (Å²) in [6, 6.07) is 5.64. The summed E-state index contributed by atoms with van der Waals surface area (Å²) in [5.41, 5.74) is 1.80. The van der Waals surface area contributed by atoms with Gasteiger partial charge in [-0.05, 0) is 38.1 Å². The van der Waals surface area contributed by atoms with Crippen molar-refractivity contribution in [2.45, 2.75) is 13.8 Å². The van der Waals surface area contributed by atoms with Gasteiger partial charge in [-0.3, -0.25) is 9.36 Å². The summed E-state index contributed by atoms with van der Waals surface area (Å²) in [4.78, 5) is 15.7. The number of imidazole rings is 1. The molecule has 0 aliphatic heterocycles. The second kappa shape index (κ2) is 7.64. The Hall–Kier alpha value is -3.86. The predicted octanol–water partition coefficient (Wildman–Crippen LogP) is 3.90. The first-order chi connectivity index (χ1) is 13.8. The quantitative estimate of drug-likeness (QED) is 0.770. The van der Waals surface area contributed by atoms with E-state index < -0.39 is 11.6 Å². The SMILES string of the molecule is CN/C(C)=C1/C=C(n2c(-c3ccc(C#N)c(F)c3)nc(C=O)c2C)C(F)=CC1=N. The number of hydrogen-bond acceptors (Lipinski definition) is 5. The topological polar surface area (TPSA) is 94.6 Å². The first-order valence-electron chi connectivity index (χ1n) is 8.64. The zero-order chi connectivity index (χ0) is 21.3. The zero-order valence-corrected chi connectivity index (χ0v) is 16.0. The highest BCUT2D eigenvalue weighted by atomic mass is 19.1. The summed E-state index contributed by atoms with van der Waals surface area (Å²) in [5, 5.41) is 19.9. The third-order valence-electron chi connectivity index (χ3n) is 4.71. The van der Waals surface area contributed by atoms with Crippen LogP contribution in [0.15, 0.2) is 47.4 Å². The minimum atomic E-state index is -0.744. The fourth-order valence-electron chi connectivity index (χ4n) is 3.04. The van der Waals surface area contributed by atoms with E-state index >= 15 is 0 Å². The van der Waals surface area contributed by atoms with E-state index in [2.05, 4.69) is 10.3 Å². The van der Waals surface area contributed by atoms with Crippen LogP contribution in [0.5, 0.6) is 0 Å². The maximum absolute atomic E-state index is 14.9. The molecule has 146 valence electrons. The fourth-order valence-corrected chi connectivity index (χ4v) is 3.04. The Morgan fingerprint density at radius 1 is 1.34 bits per heavy atom. The van der Waals surface area contributed by atoms with Crippen LogP contribution in [-0.4, -0.2) is 28.6 Å². The lowest BCUT2D eigenvalue weighted by Crippen LogP contribution is -2.15. The van der Waals surface area contributed by atoms with Gasteiger partial charge in [0.2, 0.25) is 0 Å². The van der Waals surface area contributed by atoms with E-state index in [1.54, 1.807) is 27.0 Å². The molecule has 0 atom stereocenters. The number of rotatable bonds is 4. The lowest BCUT2D eigenvalue weighted by Gasteiger charge is -2.19. The molecule has 6 nitrogen and oxygen atoms in total. The highest BCUT2D eigenvalue weighted by molar-refractivity contribution is 6.13. The smallest absolute Gasteiger partial charge is 0.170 e. The summed E-state index contributed by atoms with van der Waals surface area (Å²) < 4.78 is 30.4. The van der Waals surface area contributed by atoms with Crippen molar-refractivity contribution in [2.75, 3.05) is 7.05 Å². The predicted molar refractivity (Wildman–Crippen MR) is 105 cm³/mol. The van der Waals surface area contributed by atoms with Gasteiger partial charge in [0.05, 0.1) is 22.7 Å². The summed E-state index contributed by atoms with van der Waals surface area (Å²) in [5.74, 6) is -1.28. The number of halogens is 2. The van der Waals surface area contributed by atoms with Crippen LogP contribution in [0.3, 0.4) is 0 Å². The molecule has 1 heterocycles. The van der Waals surface area contributed by atoms with Gasteiger partial charge < -0.3 is 10.7 Å². The molecule has 1 aliphatic carbocycles. The number of nitriles is 1. The molecule has 0 unspecified atom stereocenters. The molecule has 8 heteroatoms. The largest absolute Gasteiger partial charge is 0.391 e. The van der Waals surface area contributed by atoms with E-state index in [1.165, 1.54) is 22.8 Å². The van der Waals surface area contributed by atoms with E-state index in [0.717, 1.165) is 12.1 Å². The molecule has 0 fully saturated rings.